The largest absolute Gasteiger partial charge is 0.546 e. The molecule has 0 radical (unpaired) electrons. The van der Waals surface area contributed by atoms with Crippen molar-refractivity contribution in [3.05, 3.63) is 266 Å². The van der Waals surface area contributed by atoms with Crippen LogP contribution in [0.4, 0.5) is 0 Å². The van der Waals surface area contributed by atoms with E-state index in [1.54, 1.807) is 0 Å². The second-order valence-electron chi connectivity index (χ2n) is 16.2. The zero-order valence-electron chi connectivity index (χ0n) is 35.3. The van der Waals surface area contributed by atoms with Gasteiger partial charge >= 0.3 is 0 Å². The highest BCUT2D eigenvalue weighted by molar-refractivity contribution is 6.73. The van der Waals surface area contributed by atoms with E-state index >= 15 is 0 Å². The van der Waals surface area contributed by atoms with Crippen LogP contribution in [-0.4, -0.2) is 8.32 Å². The molecule has 0 amide bonds. The molecule has 0 aliphatic rings. The van der Waals surface area contributed by atoms with Crippen molar-refractivity contribution in [2.45, 2.75) is 25.1 Å². The first-order valence-electron chi connectivity index (χ1n) is 21.6. The number of benzene rings is 9. The molecule has 300 valence electrons. The van der Waals surface area contributed by atoms with Crippen molar-refractivity contribution in [3.8, 4) is 66.8 Å². The van der Waals surface area contributed by atoms with E-state index in [9.17, 15) is 0 Å². The van der Waals surface area contributed by atoms with Crippen molar-refractivity contribution in [3.63, 3.8) is 0 Å². The van der Waals surface area contributed by atoms with Gasteiger partial charge in [0.2, 0.25) is 0 Å². The molecule has 0 bridgehead atoms. The van der Waals surface area contributed by atoms with Gasteiger partial charge in [-0.25, -0.2) is 0 Å². The summed E-state index contributed by atoms with van der Waals surface area (Å²) in [4.78, 5) is 0. The van der Waals surface area contributed by atoms with E-state index in [-0.39, 0.29) is 0 Å². The summed E-state index contributed by atoms with van der Waals surface area (Å²) in [5, 5.41) is 0. The highest BCUT2D eigenvalue weighted by atomic mass is 28.4. The van der Waals surface area contributed by atoms with Crippen LogP contribution in [0.25, 0.3) is 66.8 Å². The Kier molecular flexibility index (Phi) is 12.0. The zero-order chi connectivity index (χ0) is 42.1. The standard InChI is InChI=1S/C60H50OSi/c1-45(2)61-62(42-58-52(46-24-9-3-10-25-46)36-21-37-53(58)47-26-11-4-12-27-47,43-59-54(48-28-13-5-14-29-48)38-22-39-55(59)49-30-15-6-16-31-49)44-60-56(50-32-17-7-18-33-50)40-23-41-57(60)51-34-19-8-20-35-51/h3-41H,1,42-44H2,2H3. The molecule has 0 atom stereocenters. The number of hydrogen-bond donors (Lipinski definition) is 0. The summed E-state index contributed by atoms with van der Waals surface area (Å²) < 4.78 is 7.74. The molecule has 0 heterocycles. The molecule has 62 heavy (non-hydrogen) atoms. The molecule has 0 unspecified atom stereocenters. The topological polar surface area (TPSA) is 9.23 Å². The average Bonchev–Trinajstić information content (AvgIpc) is 3.33. The van der Waals surface area contributed by atoms with Crippen molar-refractivity contribution >= 4 is 8.32 Å². The first-order valence-corrected chi connectivity index (χ1v) is 24.1. The molecule has 0 fully saturated rings. The molecular weight excluding hydrogens is 765 g/mol. The van der Waals surface area contributed by atoms with Gasteiger partial charge in [0, 0.05) is 18.1 Å². The van der Waals surface area contributed by atoms with Crippen LogP contribution in [0.1, 0.15) is 23.6 Å². The minimum Gasteiger partial charge on any atom is -0.546 e. The van der Waals surface area contributed by atoms with Gasteiger partial charge in [0.25, 0.3) is 8.32 Å². The summed E-state index contributed by atoms with van der Waals surface area (Å²) in [6.45, 7) is 6.61. The molecular formula is C60H50OSi. The third-order valence-electron chi connectivity index (χ3n) is 11.9. The Balaban J connectivity index is 1.36. The van der Waals surface area contributed by atoms with Gasteiger partial charge in [-0.15, -0.1) is 0 Å². The van der Waals surface area contributed by atoms with Crippen LogP contribution >= 0.6 is 0 Å². The van der Waals surface area contributed by atoms with Crippen LogP contribution in [0.15, 0.2) is 249 Å². The summed E-state index contributed by atoms with van der Waals surface area (Å²) in [7, 11) is -3.17. The molecule has 0 spiro atoms. The number of rotatable bonds is 14. The molecule has 2 heteroatoms. The number of allylic oxidation sites excluding steroid dienone is 1. The van der Waals surface area contributed by atoms with Crippen LogP contribution in [0.5, 0.6) is 0 Å². The van der Waals surface area contributed by atoms with Gasteiger partial charge in [-0.2, -0.15) is 0 Å². The minimum atomic E-state index is -3.17. The summed E-state index contributed by atoms with van der Waals surface area (Å²) in [5.41, 5.74) is 18.5. The lowest BCUT2D eigenvalue weighted by molar-refractivity contribution is 0.404. The lowest BCUT2D eigenvalue weighted by Crippen LogP contribution is -2.47. The molecule has 0 aromatic heterocycles. The SMILES string of the molecule is C=C(C)O[Si](Cc1c(-c2ccccc2)cccc1-c1ccccc1)(Cc1c(-c2ccccc2)cccc1-c1ccccc1)Cc1c(-c2ccccc2)cccc1-c1ccccc1. The molecule has 0 saturated heterocycles. The zero-order valence-corrected chi connectivity index (χ0v) is 36.3. The van der Waals surface area contributed by atoms with Crippen molar-refractivity contribution < 1.29 is 4.43 Å². The van der Waals surface area contributed by atoms with Crippen molar-refractivity contribution in [2.24, 2.45) is 0 Å². The predicted octanol–water partition coefficient (Wildman–Crippen LogP) is 15.8. The Morgan fingerprint density at radius 2 is 0.500 bits per heavy atom. The van der Waals surface area contributed by atoms with Gasteiger partial charge in [-0.3, -0.25) is 0 Å². The van der Waals surface area contributed by atoms with Gasteiger partial charge in [-0.1, -0.05) is 243 Å². The maximum Gasteiger partial charge on any atom is 0.263 e. The normalized spacial score (nSPS) is 11.2. The van der Waals surface area contributed by atoms with Crippen LogP contribution in [0.3, 0.4) is 0 Å². The molecule has 0 aliphatic heterocycles. The van der Waals surface area contributed by atoms with Crippen molar-refractivity contribution in [2.75, 3.05) is 0 Å². The Morgan fingerprint density at radius 3 is 0.677 bits per heavy atom. The van der Waals surface area contributed by atoms with E-state index in [4.69, 9.17) is 4.43 Å². The molecule has 9 rings (SSSR count). The van der Waals surface area contributed by atoms with E-state index in [0.717, 1.165) is 23.9 Å². The maximum absolute atomic E-state index is 7.74. The smallest absolute Gasteiger partial charge is 0.263 e. The van der Waals surface area contributed by atoms with Crippen LogP contribution in [0.2, 0.25) is 0 Å². The molecule has 9 aromatic carbocycles. The van der Waals surface area contributed by atoms with Gasteiger partial charge < -0.3 is 4.43 Å². The summed E-state index contributed by atoms with van der Waals surface area (Å²) in [6.07, 6.45) is 0. The molecule has 0 saturated carbocycles. The van der Waals surface area contributed by atoms with Gasteiger partial charge in [0.1, 0.15) is 0 Å². The highest BCUT2D eigenvalue weighted by Gasteiger charge is 2.42. The fourth-order valence-electron chi connectivity index (χ4n) is 9.29. The van der Waals surface area contributed by atoms with Gasteiger partial charge in [-0.05, 0) is 90.4 Å². The summed E-state index contributed by atoms with van der Waals surface area (Å²) >= 11 is 0. The molecule has 1 nitrogen and oxygen atoms in total. The Morgan fingerprint density at radius 1 is 0.306 bits per heavy atom. The third-order valence-corrected chi connectivity index (χ3v) is 15.7. The number of hydrogen-bond acceptors (Lipinski definition) is 1. The maximum atomic E-state index is 7.74. The highest BCUT2D eigenvalue weighted by Crippen LogP contribution is 2.43. The first kappa shape index (κ1) is 40.2. The van der Waals surface area contributed by atoms with Crippen molar-refractivity contribution in [1.29, 1.82) is 0 Å². The molecule has 0 aliphatic carbocycles. The first-order chi connectivity index (χ1) is 30.6. The Hall–Kier alpha value is -7.26. The third kappa shape index (κ3) is 8.79. The molecule has 9 aromatic rings. The average molecular weight is 815 g/mol. The quantitative estimate of drug-likeness (QED) is 0.0785. The summed E-state index contributed by atoms with van der Waals surface area (Å²) in [6, 6.07) is 88.0. The lowest BCUT2D eigenvalue weighted by Gasteiger charge is -2.36. The Labute approximate surface area is 368 Å². The molecule has 0 N–H and O–H groups in total. The summed E-state index contributed by atoms with van der Waals surface area (Å²) in [5.74, 6) is 0.743. The second-order valence-corrected chi connectivity index (χ2v) is 19.8. The fourth-order valence-corrected chi connectivity index (χ4v) is 13.7. The van der Waals surface area contributed by atoms with Gasteiger partial charge in [0.15, 0.2) is 0 Å². The van der Waals surface area contributed by atoms with E-state index in [0.29, 0.717) is 0 Å². The van der Waals surface area contributed by atoms with E-state index in [1.807, 2.05) is 6.92 Å². The lowest BCUT2D eigenvalue weighted by atomic mass is 9.92. The second kappa shape index (κ2) is 18.6. The predicted molar refractivity (Wildman–Crippen MR) is 265 cm³/mol. The Bertz CT molecular complexity index is 2410. The van der Waals surface area contributed by atoms with E-state index in [1.165, 1.54) is 83.5 Å². The van der Waals surface area contributed by atoms with Crippen LogP contribution in [-0.2, 0) is 22.6 Å². The van der Waals surface area contributed by atoms with Crippen LogP contribution in [0, 0.1) is 0 Å². The van der Waals surface area contributed by atoms with Crippen molar-refractivity contribution in [1.82, 2.24) is 0 Å². The fraction of sp³-hybridized carbons (Fsp3) is 0.0667. The van der Waals surface area contributed by atoms with E-state index in [2.05, 4.69) is 243 Å². The monoisotopic (exact) mass is 814 g/mol. The van der Waals surface area contributed by atoms with Crippen LogP contribution < -0.4 is 0 Å². The minimum absolute atomic E-state index is 0.740. The van der Waals surface area contributed by atoms with Gasteiger partial charge in [0.05, 0.1) is 5.76 Å². The van der Waals surface area contributed by atoms with E-state index < -0.39 is 8.32 Å².